The molecule has 28 heavy (non-hydrogen) atoms. The fraction of sp³-hybridized carbons (Fsp3) is 0. The quantitative estimate of drug-likeness (QED) is 0.474. The molecule has 0 spiro atoms. The van der Waals surface area contributed by atoms with Crippen molar-refractivity contribution in [1.82, 2.24) is 9.97 Å². The molecule has 0 unspecified atom stereocenters. The molecule has 0 saturated heterocycles. The average Bonchev–Trinajstić information content (AvgIpc) is 3.18. The summed E-state index contributed by atoms with van der Waals surface area (Å²) in [4.78, 5) is 8.16. The van der Waals surface area contributed by atoms with Crippen LogP contribution in [0.1, 0.15) is 0 Å². The van der Waals surface area contributed by atoms with E-state index in [1.165, 1.54) is 18.3 Å². The number of hydrogen-bond donors (Lipinski definition) is 1. The Morgan fingerprint density at radius 2 is 1.50 bits per heavy atom. The molecule has 0 saturated carbocycles. The van der Waals surface area contributed by atoms with E-state index in [-0.39, 0.29) is 27.5 Å². The summed E-state index contributed by atoms with van der Waals surface area (Å²) >= 11 is 5.76. The molecular formula is C20H14ClN3O3S. The van der Waals surface area contributed by atoms with E-state index in [2.05, 4.69) is 14.7 Å². The maximum absolute atomic E-state index is 13.0. The van der Waals surface area contributed by atoms with Crippen molar-refractivity contribution in [1.29, 1.82) is 0 Å². The third-order valence-electron chi connectivity index (χ3n) is 3.89. The Morgan fingerprint density at radius 3 is 2.11 bits per heavy atom. The molecule has 8 heteroatoms. The number of nitrogens with one attached hydrogen (secondary N) is 1. The number of halogens is 1. The lowest BCUT2D eigenvalue weighted by Gasteiger charge is -2.06. The van der Waals surface area contributed by atoms with E-state index in [0.29, 0.717) is 11.1 Å². The molecule has 2 heterocycles. The standard InChI is InChI=1S/C20H14ClN3O3S/c21-17-12-11-16(13-22-17)24-28(25,26)20-18(14-7-3-1-4-8-14)27-19(23-20)15-9-5-2-6-10-15/h1-13,24H. The molecule has 1 N–H and O–H groups in total. The summed E-state index contributed by atoms with van der Waals surface area (Å²) in [6.07, 6.45) is 1.33. The molecule has 0 bridgehead atoms. The zero-order valence-corrected chi connectivity index (χ0v) is 16.0. The van der Waals surface area contributed by atoms with E-state index in [1.54, 1.807) is 36.4 Å². The van der Waals surface area contributed by atoms with E-state index in [0.717, 1.165) is 0 Å². The summed E-state index contributed by atoms with van der Waals surface area (Å²) in [5.74, 6) is 0.378. The van der Waals surface area contributed by atoms with Gasteiger partial charge in [0.2, 0.25) is 10.9 Å². The number of sulfonamides is 1. The first kappa shape index (κ1) is 18.2. The maximum atomic E-state index is 13.0. The minimum Gasteiger partial charge on any atom is -0.435 e. The largest absolute Gasteiger partial charge is 0.435 e. The summed E-state index contributed by atoms with van der Waals surface area (Å²) in [5, 5.41) is 0.0632. The lowest BCUT2D eigenvalue weighted by atomic mass is 10.2. The van der Waals surface area contributed by atoms with Crippen molar-refractivity contribution < 1.29 is 12.8 Å². The SMILES string of the molecule is O=S(=O)(Nc1ccc(Cl)nc1)c1nc(-c2ccccc2)oc1-c1ccccc1. The number of rotatable bonds is 5. The van der Waals surface area contributed by atoms with E-state index in [1.807, 2.05) is 24.3 Å². The molecule has 4 aromatic rings. The molecule has 0 radical (unpaired) electrons. The molecule has 2 aromatic carbocycles. The highest BCUT2D eigenvalue weighted by Gasteiger charge is 2.27. The van der Waals surface area contributed by atoms with Crippen LogP contribution in [0.2, 0.25) is 5.15 Å². The molecule has 0 aliphatic rings. The number of oxazole rings is 1. The van der Waals surface area contributed by atoms with Gasteiger partial charge in [0.1, 0.15) is 5.15 Å². The van der Waals surface area contributed by atoms with Crippen LogP contribution >= 0.6 is 11.6 Å². The van der Waals surface area contributed by atoms with E-state index in [9.17, 15) is 8.42 Å². The van der Waals surface area contributed by atoms with Crippen LogP contribution < -0.4 is 4.72 Å². The topological polar surface area (TPSA) is 85.1 Å². The number of hydrogen-bond acceptors (Lipinski definition) is 5. The van der Waals surface area contributed by atoms with E-state index < -0.39 is 10.0 Å². The van der Waals surface area contributed by atoms with Crippen molar-refractivity contribution in [3.63, 3.8) is 0 Å². The minimum absolute atomic E-state index is 0.161. The first-order valence-corrected chi connectivity index (χ1v) is 10.1. The van der Waals surface area contributed by atoms with Gasteiger partial charge in [-0.25, -0.2) is 4.98 Å². The number of pyridine rings is 1. The Hall–Kier alpha value is -3.16. The predicted molar refractivity (Wildman–Crippen MR) is 107 cm³/mol. The van der Waals surface area contributed by atoms with Crippen molar-refractivity contribution in [3.8, 4) is 22.8 Å². The zero-order chi connectivity index (χ0) is 19.6. The van der Waals surface area contributed by atoms with E-state index >= 15 is 0 Å². The Balaban J connectivity index is 1.82. The summed E-state index contributed by atoms with van der Waals surface area (Å²) < 4.78 is 34.4. The monoisotopic (exact) mass is 411 g/mol. The second kappa shape index (κ2) is 7.46. The number of aromatic nitrogens is 2. The highest BCUT2D eigenvalue weighted by Crippen LogP contribution is 2.33. The molecule has 2 aromatic heterocycles. The van der Waals surface area contributed by atoms with Gasteiger partial charge in [0.25, 0.3) is 10.0 Å². The van der Waals surface area contributed by atoms with Crippen LogP contribution in [0.15, 0.2) is 88.4 Å². The molecule has 0 amide bonds. The fourth-order valence-electron chi connectivity index (χ4n) is 2.60. The summed E-state index contributed by atoms with van der Waals surface area (Å²) in [6.45, 7) is 0. The summed E-state index contributed by atoms with van der Waals surface area (Å²) in [7, 11) is -4.03. The van der Waals surface area contributed by atoms with Crippen molar-refractivity contribution >= 4 is 27.3 Å². The van der Waals surface area contributed by atoms with Crippen LogP contribution in [0.3, 0.4) is 0 Å². The van der Waals surface area contributed by atoms with Crippen LogP contribution in [-0.2, 0) is 10.0 Å². The molecule has 0 fully saturated rings. The first-order valence-electron chi connectivity index (χ1n) is 8.29. The lowest BCUT2D eigenvalue weighted by Crippen LogP contribution is -2.14. The summed E-state index contributed by atoms with van der Waals surface area (Å²) in [5.41, 5.74) is 1.55. The second-order valence-electron chi connectivity index (χ2n) is 5.86. The smallest absolute Gasteiger partial charge is 0.283 e. The first-order chi connectivity index (χ1) is 13.5. The van der Waals surface area contributed by atoms with Gasteiger partial charge in [-0.15, -0.1) is 0 Å². The predicted octanol–water partition coefficient (Wildman–Crippen LogP) is 4.86. The normalized spacial score (nSPS) is 11.3. The molecular weight excluding hydrogens is 398 g/mol. The van der Waals surface area contributed by atoms with Gasteiger partial charge in [-0.2, -0.15) is 13.4 Å². The van der Waals surface area contributed by atoms with Crippen molar-refractivity contribution in [2.24, 2.45) is 0 Å². The van der Waals surface area contributed by atoms with Gasteiger partial charge in [0.05, 0.1) is 11.9 Å². The van der Waals surface area contributed by atoms with Gasteiger partial charge in [0.15, 0.2) is 5.76 Å². The van der Waals surface area contributed by atoms with Crippen molar-refractivity contribution in [3.05, 3.63) is 84.1 Å². The van der Waals surface area contributed by atoms with Crippen LogP contribution in [0.25, 0.3) is 22.8 Å². The molecule has 0 aliphatic heterocycles. The Morgan fingerprint density at radius 1 is 0.857 bits per heavy atom. The van der Waals surface area contributed by atoms with Crippen molar-refractivity contribution in [2.75, 3.05) is 4.72 Å². The number of benzene rings is 2. The molecule has 140 valence electrons. The molecule has 0 aliphatic carbocycles. The Kier molecular flexibility index (Phi) is 4.85. The van der Waals surface area contributed by atoms with Gasteiger partial charge < -0.3 is 4.42 Å². The molecule has 0 atom stereocenters. The minimum atomic E-state index is -4.03. The molecule has 4 rings (SSSR count). The van der Waals surface area contributed by atoms with Gasteiger partial charge in [0, 0.05) is 11.1 Å². The van der Waals surface area contributed by atoms with Gasteiger partial charge >= 0.3 is 0 Å². The van der Waals surface area contributed by atoms with Gasteiger partial charge in [-0.1, -0.05) is 60.1 Å². The summed E-state index contributed by atoms with van der Waals surface area (Å²) in [6, 6.07) is 21.1. The fourth-order valence-corrected chi connectivity index (χ4v) is 3.85. The van der Waals surface area contributed by atoms with Gasteiger partial charge in [-0.3, -0.25) is 4.72 Å². The number of anilines is 1. The van der Waals surface area contributed by atoms with Crippen molar-refractivity contribution in [2.45, 2.75) is 5.03 Å². The lowest BCUT2D eigenvalue weighted by molar-refractivity contribution is 0.581. The number of nitrogens with zero attached hydrogens (tertiary/aromatic N) is 2. The highest BCUT2D eigenvalue weighted by molar-refractivity contribution is 7.92. The average molecular weight is 412 g/mol. The van der Waals surface area contributed by atoms with Crippen LogP contribution in [-0.4, -0.2) is 18.4 Å². The van der Waals surface area contributed by atoms with E-state index in [4.69, 9.17) is 16.0 Å². The Labute approximate surface area is 166 Å². The Bertz CT molecular complexity index is 1190. The third-order valence-corrected chi connectivity index (χ3v) is 5.40. The van der Waals surface area contributed by atoms with Crippen LogP contribution in [0, 0.1) is 0 Å². The third kappa shape index (κ3) is 3.76. The zero-order valence-electron chi connectivity index (χ0n) is 14.4. The van der Waals surface area contributed by atoms with Crippen LogP contribution in [0.5, 0.6) is 0 Å². The molecule has 6 nitrogen and oxygen atoms in total. The maximum Gasteiger partial charge on any atom is 0.283 e. The second-order valence-corrected chi connectivity index (χ2v) is 7.85. The highest BCUT2D eigenvalue weighted by atomic mass is 35.5. The van der Waals surface area contributed by atoms with Crippen LogP contribution in [0.4, 0.5) is 5.69 Å². The van der Waals surface area contributed by atoms with Gasteiger partial charge in [-0.05, 0) is 24.3 Å².